The molecule has 6 nitrogen and oxygen atoms in total. The number of hydrogen-bond acceptors (Lipinski definition) is 5. The van der Waals surface area contributed by atoms with Crippen molar-refractivity contribution in [3.05, 3.63) is 30.0 Å². The number of fused-ring (bicyclic) bond motifs is 1. The smallest absolute Gasteiger partial charge is 0.282 e. The molecule has 1 saturated heterocycles. The predicted molar refractivity (Wildman–Crippen MR) is 93.4 cm³/mol. The first-order chi connectivity index (χ1) is 11.6. The van der Waals surface area contributed by atoms with Crippen molar-refractivity contribution >= 4 is 33.9 Å². The highest BCUT2D eigenvalue weighted by atomic mass is 32.2. The van der Waals surface area contributed by atoms with Crippen LogP contribution in [-0.2, 0) is 4.79 Å². The van der Waals surface area contributed by atoms with Gasteiger partial charge in [0.1, 0.15) is 12.3 Å². The number of furan rings is 1. The normalized spacial score (nSPS) is 15.8. The largest absolute Gasteiger partial charge is 0.490 e. The molecule has 0 aliphatic carbocycles. The van der Waals surface area contributed by atoms with Crippen LogP contribution in [-0.4, -0.2) is 41.5 Å². The van der Waals surface area contributed by atoms with Crippen LogP contribution in [0.1, 0.15) is 25.6 Å². The monoisotopic (exact) mass is 348 g/mol. The number of amides is 2. The zero-order valence-corrected chi connectivity index (χ0v) is 14.5. The van der Waals surface area contributed by atoms with Gasteiger partial charge >= 0.3 is 0 Å². The predicted octanol–water partition coefficient (Wildman–Crippen LogP) is 3.18. The molecule has 0 bridgehead atoms. The Bertz CT molecular complexity index is 758. The molecule has 7 heteroatoms. The average molecular weight is 348 g/mol. The highest BCUT2D eigenvalue weighted by Gasteiger charge is 2.24. The second-order valence-corrected chi connectivity index (χ2v) is 6.63. The zero-order chi connectivity index (χ0) is 17.1. The molecule has 0 saturated carbocycles. The van der Waals surface area contributed by atoms with Gasteiger partial charge in [-0.25, -0.2) is 0 Å². The molecule has 1 N–H and O–H groups in total. The Morgan fingerprint density at radius 3 is 3.04 bits per heavy atom. The van der Waals surface area contributed by atoms with Crippen molar-refractivity contribution in [2.24, 2.45) is 0 Å². The van der Waals surface area contributed by atoms with Crippen molar-refractivity contribution in [1.29, 1.82) is 0 Å². The molecular weight excluding hydrogens is 328 g/mol. The maximum Gasteiger partial charge on any atom is 0.282 e. The number of carbonyl (C=O) groups is 2. The fourth-order valence-electron chi connectivity index (χ4n) is 2.64. The van der Waals surface area contributed by atoms with E-state index in [1.807, 2.05) is 38.1 Å². The van der Waals surface area contributed by atoms with E-state index in [0.717, 1.165) is 11.1 Å². The van der Waals surface area contributed by atoms with Crippen LogP contribution in [0.15, 0.2) is 28.7 Å². The Labute approximate surface area is 144 Å². The van der Waals surface area contributed by atoms with Crippen molar-refractivity contribution in [2.75, 3.05) is 25.4 Å². The van der Waals surface area contributed by atoms with Crippen molar-refractivity contribution in [1.82, 2.24) is 10.2 Å². The zero-order valence-electron chi connectivity index (χ0n) is 13.7. The van der Waals surface area contributed by atoms with Gasteiger partial charge in [-0.1, -0.05) is 23.9 Å². The maximum atomic E-state index is 12.1. The van der Waals surface area contributed by atoms with E-state index in [1.54, 1.807) is 4.90 Å². The summed E-state index contributed by atoms with van der Waals surface area (Å²) < 4.78 is 11.4. The van der Waals surface area contributed by atoms with Crippen LogP contribution < -0.4 is 10.1 Å². The summed E-state index contributed by atoms with van der Waals surface area (Å²) in [4.78, 5) is 25.2. The summed E-state index contributed by atoms with van der Waals surface area (Å²) in [6, 6.07) is 7.33. The molecule has 2 aromatic rings. The Balaban J connectivity index is 1.69. The van der Waals surface area contributed by atoms with Crippen molar-refractivity contribution in [3.63, 3.8) is 0 Å². The second-order valence-electron chi connectivity index (χ2n) is 5.58. The van der Waals surface area contributed by atoms with E-state index in [9.17, 15) is 9.59 Å². The number of para-hydroxylation sites is 1. The molecule has 1 aromatic heterocycles. The first-order valence-corrected chi connectivity index (χ1v) is 8.93. The molecule has 1 unspecified atom stereocenters. The van der Waals surface area contributed by atoms with Crippen LogP contribution in [0.5, 0.6) is 5.75 Å². The third-order valence-electron chi connectivity index (χ3n) is 3.81. The van der Waals surface area contributed by atoms with E-state index in [4.69, 9.17) is 9.15 Å². The molecular formula is C17H20N2O4S. The molecule has 128 valence electrons. The minimum atomic E-state index is -0.287. The van der Waals surface area contributed by atoms with Crippen molar-refractivity contribution < 1.29 is 18.7 Å². The summed E-state index contributed by atoms with van der Waals surface area (Å²) in [5, 5.41) is 3.77. The van der Waals surface area contributed by atoms with Gasteiger partial charge in [0.2, 0.25) is 5.91 Å². The first kappa shape index (κ1) is 16.7. The third kappa shape index (κ3) is 3.51. The lowest BCUT2D eigenvalue weighted by atomic mass is 10.2. The van der Waals surface area contributed by atoms with Gasteiger partial charge in [-0.2, -0.15) is 0 Å². The van der Waals surface area contributed by atoms with Crippen LogP contribution in [0.25, 0.3) is 11.0 Å². The molecule has 1 aliphatic rings. The number of benzene rings is 1. The molecule has 2 heterocycles. The SMILES string of the molecule is CCOc1cccc2cc(C(C)NC(=O)CN3CCSC3=O)oc12. The van der Waals surface area contributed by atoms with Gasteiger partial charge in [-0.15, -0.1) is 0 Å². The fraction of sp³-hybridized carbons (Fsp3) is 0.412. The van der Waals surface area contributed by atoms with Gasteiger partial charge in [0, 0.05) is 17.7 Å². The highest BCUT2D eigenvalue weighted by molar-refractivity contribution is 8.13. The van der Waals surface area contributed by atoms with Gasteiger partial charge in [0.15, 0.2) is 11.3 Å². The number of rotatable bonds is 6. The summed E-state index contributed by atoms with van der Waals surface area (Å²) in [5.74, 6) is 1.90. The molecule has 24 heavy (non-hydrogen) atoms. The lowest BCUT2D eigenvalue weighted by Crippen LogP contribution is -2.38. The Morgan fingerprint density at radius 2 is 2.33 bits per heavy atom. The van der Waals surface area contributed by atoms with E-state index < -0.39 is 0 Å². The number of thioether (sulfide) groups is 1. The highest BCUT2D eigenvalue weighted by Crippen LogP contribution is 2.31. The van der Waals surface area contributed by atoms with E-state index in [-0.39, 0.29) is 23.7 Å². The molecule has 1 aliphatic heterocycles. The third-order valence-corrected chi connectivity index (χ3v) is 4.70. The molecule has 1 fully saturated rings. The lowest BCUT2D eigenvalue weighted by molar-refractivity contribution is -0.122. The molecule has 0 spiro atoms. The van der Waals surface area contributed by atoms with Gasteiger partial charge in [-0.3, -0.25) is 9.59 Å². The minimum Gasteiger partial charge on any atom is -0.490 e. The lowest BCUT2D eigenvalue weighted by Gasteiger charge is -2.16. The van der Waals surface area contributed by atoms with Crippen LogP contribution >= 0.6 is 11.8 Å². The fourth-order valence-corrected chi connectivity index (χ4v) is 3.46. The van der Waals surface area contributed by atoms with Crippen LogP contribution in [0, 0.1) is 0 Å². The van der Waals surface area contributed by atoms with Crippen molar-refractivity contribution in [3.8, 4) is 5.75 Å². The number of nitrogens with one attached hydrogen (secondary N) is 1. The molecule has 1 atom stereocenters. The van der Waals surface area contributed by atoms with E-state index >= 15 is 0 Å². The summed E-state index contributed by atoms with van der Waals surface area (Å²) >= 11 is 1.25. The summed E-state index contributed by atoms with van der Waals surface area (Å²) in [5.41, 5.74) is 0.682. The number of carbonyl (C=O) groups excluding carboxylic acids is 2. The average Bonchev–Trinajstić information content (AvgIpc) is 3.15. The molecule has 3 rings (SSSR count). The van der Waals surface area contributed by atoms with Crippen LogP contribution in [0.4, 0.5) is 4.79 Å². The molecule has 1 aromatic carbocycles. The van der Waals surface area contributed by atoms with Crippen LogP contribution in [0.2, 0.25) is 0 Å². The Hall–Kier alpha value is -2.15. The van der Waals surface area contributed by atoms with Gasteiger partial charge < -0.3 is 19.4 Å². The Kier molecular flexibility index (Phi) is 4.99. The van der Waals surface area contributed by atoms with E-state index in [2.05, 4.69) is 5.32 Å². The second kappa shape index (κ2) is 7.17. The number of nitrogens with zero attached hydrogens (tertiary/aromatic N) is 1. The summed E-state index contributed by atoms with van der Waals surface area (Å²) in [6.07, 6.45) is 0. The standard InChI is InChI=1S/C17H20N2O4S/c1-3-22-13-6-4-5-12-9-14(23-16(12)13)11(2)18-15(20)10-19-7-8-24-17(19)21/h4-6,9,11H,3,7-8,10H2,1-2H3,(H,18,20). The molecule has 2 amide bonds. The van der Waals surface area contributed by atoms with E-state index in [1.165, 1.54) is 11.8 Å². The van der Waals surface area contributed by atoms with Crippen molar-refractivity contribution in [2.45, 2.75) is 19.9 Å². The van der Waals surface area contributed by atoms with Gasteiger partial charge in [-0.05, 0) is 26.0 Å². The summed E-state index contributed by atoms with van der Waals surface area (Å²) in [6.45, 7) is 5.04. The maximum absolute atomic E-state index is 12.1. The quantitative estimate of drug-likeness (QED) is 0.868. The summed E-state index contributed by atoms with van der Waals surface area (Å²) in [7, 11) is 0. The topological polar surface area (TPSA) is 71.8 Å². The Morgan fingerprint density at radius 1 is 1.50 bits per heavy atom. The number of ether oxygens (including phenoxy) is 1. The molecule has 0 radical (unpaired) electrons. The number of hydrogen-bond donors (Lipinski definition) is 1. The van der Waals surface area contributed by atoms with Gasteiger partial charge in [0.25, 0.3) is 5.24 Å². The van der Waals surface area contributed by atoms with Crippen LogP contribution in [0.3, 0.4) is 0 Å². The van der Waals surface area contributed by atoms with Gasteiger partial charge in [0.05, 0.1) is 12.6 Å². The first-order valence-electron chi connectivity index (χ1n) is 7.94. The minimum absolute atomic E-state index is 0.0390. The van der Waals surface area contributed by atoms with E-state index in [0.29, 0.717) is 30.2 Å².